The zero-order valence-electron chi connectivity index (χ0n) is 15.9. The van der Waals surface area contributed by atoms with Crippen LogP contribution in [0.2, 0.25) is 0 Å². The van der Waals surface area contributed by atoms with Crippen LogP contribution in [-0.4, -0.2) is 42.1 Å². The number of rotatable bonds is 6. The van der Waals surface area contributed by atoms with Crippen molar-refractivity contribution in [3.8, 4) is 0 Å². The fourth-order valence-corrected chi connectivity index (χ4v) is 3.44. The van der Waals surface area contributed by atoms with Crippen LogP contribution in [0, 0.1) is 11.8 Å². The molecule has 136 valence electrons. The monoisotopic (exact) mass is 335 g/mol. The van der Waals surface area contributed by atoms with E-state index >= 15 is 0 Å². The van der Waals surface area contributed by atoms with E-state index in [1.807, 2.05) is 18.7 Å². The largest absolute Gasteiger partial charge is 0.361 e. The lowest BCUT2D eigenvalue weighted by Gasteiger charge is -2.32. The van der Waals surface area contributed by atoms with Gasteiger partial charge in [0, 0.05) is 31.0 Å². The predicted molar refractivity (Wildman–Crippen MR) is 95.9 cm³/mol. The first-order valence-corrected chi connectivity index (χ1v) is 9.29. The molecule has 0 aromatic carbocycles. The minimum Gasteiger partial charge on any atom is -0.361 e. The molecule has 2 atom stereocenters. The smallest absolute Gasteiger partial charge is 0.222 e. The van der Waals surface area contributed by atoms with E-state index in [1.54, 1.807) is 0 Å². The van der Waals surface area contributed by atoms with Crippen molar-refractivity contribution in [2.24, 2.45) is 11.8 Å². The Kier molecular flexibility index (Phi) is 6.44. The lowest BCUT2D eigenvalue weighted by atomic mass is 9.80. The molecule has 2 heterocycles. The van der Waals surface area contributed by atoms with Gasteiger partial charge in [-0.05, 0) is 51.6 Å². The Morgan fingerprint density at radius 3 is 2.62 bits per heavy atom. The molecule has 1 saturated heterocycles. The summed E-state index contributed by atoms with van der Waals surface area (Å²) in [6.07, 6.45) is 2.59. The van der Waals surface area contributed by atoms with Crippen LogP contribution in [-0.2, 0) is 16.6 Å². The molecule has 1 aromatic rings. The van der Waals surface area contributed by atoms with E-state index in [0.717, 1.165) is 50.5 Å². The number of nitrogens with zero attached hydrogens (tertiary/aromatic N) is 2. The van der Waals surface area contributed by atoms with Crippen molar-refractivity contribution in [2.45, 2.75) is 59.3 Å². The molecule has 0 bridgehead atoms. The molecule has 5 heteroatoms. The summed E-state index contributed by atoms with van der Waals surface area (Å²) in [4.78, 5) is 14.4. The molecule has 0 unspecified atom stereocenters. The molecule has 24 heavy (non-hydrogen) atoms. The lowest BCUT2D eigenvalue weighted by molar-refractivity contribution is -0.132. The third-order valence-corrected chi connectivity index (χ3v) is 5.09. The van der Waals surface area contributed by atoms with Crippen LogP contribution in [0.3, 0.4) is 0 Å². The Morgan fingerprint density at radius 1 is 1.33 bits per heavy atom. The van der Waals surface area contributed by atoms with Gasteiger partial charge in [-0.15, -0.1) is 0 Å². The second-order valence-electron chi connectivity index (χ2n) is 7.92. The zero-order chi connectivity index (χ0) is 17.7. The average molecular weight is 335 g/mol. The average Bonchev–Trinajstić information content (AvgIpc) is 2.99. The molecular formula is C19H33N3O2. The lowest BCUT2D eigenvalue weighted by Crippen LogP contribution is -2.41. The quantitative estimate of drug-likeness (QED) is 0.868. The number of hydrogen-bond acceptors (Lipinski definition) is 4. The number of nitrogens with one attached hydrogen (secondary N) is 1. The normalized spacial score (nSPS) is 21.7. The first-order chi connectivity index (χ1) is 11.3. The molecule has 1 aromatic heterocycles. The Labute approximate surface area is 146 Å². The molecule has 5 nitrogen and oxygen atoms in total. The van der Waals surface area contributed by atoms with Gasteiger partial charge in [0.25, 0.3) is 0 Å². The van der Waals surface area contributed by atoms with Crippen molar-refractivity contribution < 1.29 is 9.32 Å². The van der Waals surface area contributed by atoms with Gasteiger partial charge in [-0.1, -0.05) is 25.9 Å². The standard InChI is InChI=1S/C19H33N3O2/c1-6-22(7-2)18(23)11-14-8-9-20-13-15(14)10-16-12-17(24-21-16)19(3,4)5/h12,14-15,20H,6-11,13H2,1-5H3/t14-,15+/m1/s1. The topological polar surface area (TPSA) is 58.4 Å². The fraction of sp³-hybridized carbons (Fsp3) is 0.789. The minimum atomic E-state index is -0.0197. The van der Waals surface area contributed by atoms with Crippen LogP contribution in [0.15, 0.2) is 10.6 Å². The van der Waals surface area contributed by atoms with Crippen LogP contribution >= 0.6 is 0 Å². The summed E-state index contributed by atoms with van der Waals surface area (Å²) in [5, 5.41) is 7.73. The maximum Gasteiger partial charge on any atom is 0.222 e. The van der Waals surface area contributed by atoms with Gasteiger partial charge in [-0.25, -0.2) is 0 Å². The second-order valence-corrected chi connectivity index (χ2v) is 7.92. The molecule has 0 spiro atoms. The van der Waals surface area contributed by atoms with Crippen molar-refractivity contribution >= 4 is 5.91 Å². The highest BCUT2D eigenvalue weighted by Crippen LogP contribution is 2.29. The van der Waals surface area contributed by atoms with Crippen LogP contribution in [0.1, 0.15) is 58.9 Å². The molecule has 0 saturated carbocycles. The Balaban J connectivity index is 2.01. The molecule has 0 aliphatic carbocycles. The van der Waals surface area contributed by atoms with Crippen molar-refractivity contribution in [3.05, 3.63) is 17.5 Å². The van der Waals surface area contributed by atoms with Gasteiger partial charge in [-0.3, -0.25) is 4.79 Å². The number of piperidine rings is 1. The van der Waals surface area contributed by atoms with Gasteiger partial charge in [0.15, 0.2) is 0 Å². The first kappa shape index (κ1) is 19.0. The molecule has 1 aliphatic rings. The van der Waals surface area contributed by atoms with Crippen LogP contribution in [0.25, 0.3) is 0 Å². The van der Waals surface area contributed by atoms with E-state index < -0.39 is 0 Å². The van der Waals surface area contributed by atoms with E-state index in [2.05, 4.69) is 37.3 Å². The molecule has 1 aliphatic heterocycles. The van der Waals surface area contributed by atoms with Crippen molar-refractivity contribution in [1.29, 1.82) is 0 Å². The van der Waals surface area contributed by atoms with Gasteiger partial charge in [0.2, 0.25) is 5.91 Å². The number of hydrogen-bond donors (Lipinski definition) is 1. The molecular weight excluding hydrogens is 302 g/mol. The van der Waals surface area contributed by atoms with Crippen LogP contribution in [0.5, 0.6) is 0 Å². The second kappa shape index (κ2) is 8.15. The third kappa shape index (κ3) is 4.82. The highest BCUT2D eigenvalue weighted by atomic mass is 16.5. The highest BCUT2D eigenvalue weighted by Gasteiger charge is 2.30. The summed E-state index contributed by atoms with van der Waals surface area (Å²) in [7, 11) is 0. The van der Waals surface area contributed by atoms with Crippen molar-refractivity contribution in [1.82, 2.24) is 15.4 Å². The van der Waals surface area contributed by atoms with Gasteiger partial charge in [0.05, 0.1) is 5.69 Å². The Morgan fingerprint density at radius 2 is 2.04 bits per heavy atom. The number of carbonyl (C=O) groups is 1. The molecule has 2 rings (SSSR count). The van der Waals surface area contributed by atoms with E-state index in [9.17, 15) is 4.79 Å². The minimum absolute atomic E-state index is 0.0197. The van der Waals surface area contributed by atoms with Crippen molar-refractivity contribution in [3.63, 3.8) is 0 Å². The van der Waals surface area contributed by atoms with E-state index in [4.69, 9.17) is 4.52 Å². The molecule has 1 N–H and O–H groups in total. The van der Waals surface area contributed by atoms with E-state index in [1.165, 1.54) is 0 Å². The SMILES string of the molecule is CCN(CC)C(=O)C[C@H]1CCNC[C@@H]1Cc1cc(C(C)(C)C)on1. The fourth-order valence-electron chi connectivity index (χ4n) is 3.44. The molecule has 1 amide bonds. The van der Waals surface area contributed by atoms with Crippen LogP contribution in [0.4, 0.5) is 0 Å². The van der Waals surface area contributed by atoms with E-state index in [0.29, 0.717) is 18.3 Å². The zero-order valence-corrected chi connectivity index (χ0v) is 15.9. The van der Waals surface area contributed by atoms with Crippen LogP contribution < -0.4 is 5.32 Å². The summed E-state index contributed by atoms with van der Waals surface area (Å²) in [5.41, 5.74) is 0.989. The highest BCUT2D eigenvalue weighted by molar-refractivity contribution is 5.76. The van der Waals surface area contributed by atoms with Gasteiger partial charge in [-0.2, -0.15) is 0 Å². The summed E-state index contributed by atoms with van der Waals surface area (Å²) >= 11 is 0. The summed E-state index contributed by atoms with van der Waals surface area (Å²) in [5.74, 6) is 2.08. The number of carbonyl (C=O) groups excluding carboxylic acids is 1. The number of aromatic nitrogens is 1. The maximum atomic E-state index is 12.5. The Bertz CT molecular complexity index is 529. The summed E-state index contributed by atoms with van der Waals surface area (Å²) in [6.45, 7) is 14.0. The van der Waals surface area contributed by atoms with E-state index in [-0.39, 0.29) is 11.3 Å². The first-order valence-electron chi connectivity index (χ1n) is 9.29. The predicted octanol–water partition coefficient (Wildman–Crippen LogP) is 3.00. The van der Waals surface area contributed by atoms with Gasteiger partial charge >= 0.3 is 0 Å². The summed E-state index contributed by atoms with van der Waals surface area (Å²) in [6, 6.07) is 2.08. The van der Waals surface area contributed by atoms with Gasteiger partial charge in [0.1, 0.15) is 5.76 Å². The molecule has 0 radical (unpaired) electrons. The maximum absolute atomic E-state index is 12.5. The summed E-state index contributed by atoms with van der Waals surface area (Å²) < 4.78 is 5.51. The molecule has 1 fully saturated rings. The Hall–Kier alpha value is -1.36. The number of amides is 1. The van der Waals surface area contributed by atoms with Gasteiger partial charge < -0.3 is 14.7 Å². The third-order valence-electron chi connectivity index (χ3n) is 5.09. The van der Waals surface area contributed by atoms with Crippen molar-refractivity contribution in [2.75, 3.05) is 26.2 Å².